The van der Waals surface area contributed by atoms with E-state index in [1.807, 2.05) is 48.5 Å². The number of aromatic nitrogens is 3. The van der Waals surface area contributed by atoms with E-state index in [9.17, 15) is 14.0 Å². The summed E-state index contributed by atoms with van der Waals surface area (Å²) in [7, 11) is 1.59. The predicted molar refractivity (Wildman–Crippen MR) is 143 cm³/mol. The van der Waals surface area contributed by atoms with Crippen molar-refractivity contribution in [3.63, 3.8) is 0 Å². The highest BCUT2D eigenvalue weighted by atomic mass is 79.9. The van der Waals surface area contributed by atoms with Crippen LogP contribution in [-0.2, 0) is 22.6 Å². The Balaban J connectivity index is 1.44. The predicted octanol–water partition coefficient (Wildman–Crippen LogP) is 4.77. The van der Waals surface area contributed by atoms with Crippen LogP contribution in [0.4, 0.5) is 10.1 Å². The minimum atomic E-state index is -0.376. The highest BCUT2D eigenvalue weighted by molar-refractivity contribution is 9.10. The summed E-state index contributed by atoms with van der Waals surface area (Å²) >= 11 is 4.64. The van der Waals surface area contributed by atoms with Gasteiger partial charge in [-0.1, -0.05) is 39.8 Å². The third kappa shape index (κ3) is 7.40. The normalized spacial score (nSPS) is 10.7. The molecule has 11 heteroatoms. The minimum Gasteiger partial charge on any atom is -0.497 e. The largest absolute Gasteiger partial charge is 0.497 e. The summed E-state index contributed by atoms with van der Waals surface area (Å²) in [5, 5.41) is 14.6. The molecule has 0 bridgehead atoms. The number of hydrogen-bond acceptors (Lipinski definition) is 6. The number of amides is 2. The van der Waals surface area contributed by atoms with Crippen molar-refractivity contribution in [1.82, 2.24) is 20.1 Å². The van der Waals surface area contributed by atoms with Gasteiger partial charge in [-0.25, -0.2) is 4.39 Å². The minimum absolute atomic E-state index is 0.0653. The van der Waals surface area contributed by atoms with Gasteiger partial charge in [-0.3, -0.25) is 14.2 Å². The summed E-state index contributed by atoms with van der Waals surface area (Å²) in [6.07, 6.45) is 0.210. The number of ether oxygens (including phenoxy) is 1. The number of rotatable bonds is 10. The number of anilines is 1. The Hall–Kier alpha value is -3.70. The molecule has 2 N–H and O–H groups in total. The first-order valence-corrected chi connectivity index (χ1v) is 13.0. The molecular formula is C26H23BrFN5O3S. The molecule has 37 heavy (non-hydrogen) atoms. The smallest absolute Gasteiger partial charge is 0.234 e. The van der Waals surface area contributed by atoms with Crippen LogP contribution >= 0.6 is 27.7 Å². The van der Waals surface area contributed by atoms with E-state index in [4.69, 9.17) is 4.74 Å². The van der Waals surface area contributed by atoms with Crippen molar-refractivity contribution >= 4 is 45.2 Å². The molecule has 0 aliphatic rings. The van der Waals surface area contributed by atoms with Crippen molar-refractivity contribution in [2.45, 2.75) is 18.1 Å². The molecule has 4 rings (SSSR count). The molecule has 0 saturated carbocycles. The molecule has 0 aliphatic heterocycles. The topological polar surface area (TPSA) is 98.1 Å². The second kappa shape index (κ2) is 12.5. The average molecular weight is 584 g/mol. The van der Waals surface area contributed by atoms with Gasteiger partial charge in [-0.05, 0) is 66.2 Å². The average Bonchev–Trinajstić information content (AvgIpc) is 3.31. The maximum Gasteiger partial charge on any atom is 0.234 e. The fourth-order valence-corrected chi connectivity index (χ4v) is 4.42. The van der Waals surface area contributed by atoms with Crippen LogP contribution in [0, 0.1) is 5.82 Å². The first-order valence-electron chi connectivity index (χ1n) is 11.2. The van der Waals surface area contributed by atoms with E-state index in [1.54, 1.807) is 11.7 Å². The van der Waals surface area contributed by atoms with Crippen LogP contribution in [0.5, 0.6) is 5.75 Å². The van der Waals surface area contributed by atoms with Gasteiger partial charge in [-0.15, -0.1) is 10.2 Å². The van der Waals surface area contributed by atoms with E-state index < -0.39 is 0 Å². The second-order valence-electron chi connectivity index (χ2n) is 7.86. The van der Waals surface area contributed by atoms with E-state index in [0.717, 1.165) is 21.5 Å². The fourth-order valence-electron chi connectivity index (χ4n) is 3.39. The third-order valence-electron chi connectivity index (χ3n) is 5.21. The van der Waals surface area contributed by atoms with Crippen molar-refractivity contribution in [2.75, 3.05) is 18.2 Å². The highest BCUT2D eigenvalue weighted by Crippen LogP contribution is 2.24. The van der Waals surface area contributed by atoms with Crippen LogP contribution in [0.15, 0.2) is 82.4 Å². The van der Waals surface area contributed by atoms with Crippen LogP contribution in [0.3, 0.4) is 0 Å². The number of carbonyl (C=O) groups is 2. The lowest BCUT2D eigenvalue weighted by Gasteiger charge is -2.11. The number of nitrogens with zero attached hydrogens (tertiary/aromatic N) is 3. The number of hydrogen-bond donors (Lipinski definition) is 2. The van der Waals surface area contributed by atoms with Gasteiger partial charge >= 0.3 is 0 Å². The summed E-state index contributed by atoms with van der Waals surface area (Å²) in [6, 6.07) is 20.4. The summed E-state index contributed by atoms with van der Waals surface area (Å²) in [5.41, 5.74) is 2.15. The maximum atomic E-state index is 13.1. The third-order valence-corrected chi connectivity index (χ3v) is 6.67. The Morgan fingerprint density at radius 1 is 0.973 bits per heavy atom. The van der Waals surface area contributed by atoms with E-state index in [0.29, 0.717) is 16.7 Å². The van der Waals surface area contributed by atoms with Crippen LogP contribution in [0.25, 0.3) is 5.69 Å². The molecule has 0 saturated heterocycles. The van der Waals surface area contributed by atoms with Gasteiger partial charge in [-0.2, -0.15) is 0 Å². The lowest BCUT2D eigenvalue weighted by atomic mass is 10.1. The Morgan fingerprint density at radius 2 is 1.68 bits per heavy atom. The molecule has 8 nitrogen and oxygen atoms in total. The van der Waals surface area contributed by atoms with Gasteiger partial charge < -0.3 is 15.4 Å². The van der Waals surface area contributed by atoms with Crippen molar-refractivity contribution in [3.8, 4) is 11.4 Å². The first kappa shape index (κ1) is 26.4. The molecular weight excluding hydrogens is 561 g/mol. The van der Waals surface area contributed by atoms with Crippen LogP contribution < -0.4 is 15.4 Å². The molecule has 3 aromatic carbocycles. The van der Waals surface area contributed by atoms with Gasteiger partial charge in [0.15, 0.2) is 11.0 Å². The van der Waals surface area contributed by atoms with Gasteiger partial charge in [0.2, 0.25) is 11.8 Å². The zero-order valence-electron chi connectivity index (χ0n) is 19.8. The maximum absolute atomic E-state index is 13.1. The number of thioether (sulfide) groups is 1. The Morgan fingerprint density at radius 3 is 2.35 bits per heavy atom. The van der Waals surface area contributed by atoms with Gasteiger partial charge in [0.1, 0.15) is 11.6 Å². The Bertz CT molecular complexity index is 1360. The molecule has 0 unspecified atom stereocenters. The summed E-state index contributed by atoms with van der Waals surface area (Å²) < 4.78 is 21.0. The van der Waals surface area contributed by atoms with Crippen LogP contribution in [0.1, 0.15) is 11.4 Å². The molecule has 4 aromatic rings. The quantitative estimate of drug-likeness (QED) is 0.261. The van der Waals surface area contributed by atoms with E-state index in [1.165, 1.54) is 36.0 Å². The van der Waals surface area contributed by atoms with Crippen LogP contribution in [-0.4, -0.2) is 39.4 Å². The number of benzene rings is 3. The zero-order valence-corrected chi connectivity index (χ0v) is 22.2. The van der Waals surface area contributed by atoms with Gasteiger partial charge in [0.25, 0.3) is 0 Å². The van der Waals surface area contributed by atoms with Crippen molar-refractivity contribution in [3.05, 3.63) is 94.5 Å². The van der Waals surface area contributed by atoms with Gasteiger partial charge in [0, 0.05) is 15.8 Å². The molecule has 0 spiro atoms. The van der Waals surface area contributed by atoms with Crippen LogP contribution in [0.2, 0.25) is 0 Å². The number of halogens is 2. The lowest BCUT2D eigenvalue weighted by Crippen LogP contribution is -2.26. The molecule has 0 aliphatic carbocycles. The highest BCUT2D eigenvalue weighted by Gasteiger charge is 2.17. The Labute approximate surface area is 225 Å². The molecule has 0 atom stereocenters. The molecule has 0 radical (unpaired) electrons. The van der Waals surface area contributed by atoms with Gasteiger partial charge in [0.05, 0.1) is 25.8 Å². The Kier molecular flexibility index (Phi) is 8.91. The second-order valence-corrected chi connectivity index (χ2v) is 9.71. The summed E-state index contributed by atoms with van der Waals surface area (Å²) in [6.45, 7) is 0.153. The molecule has 0 fully saturated rings. The lowest BCUT2D eigenvalue weighted by molar-refractivity contribution is -0.120. The first-order chi connectivity index (χ1) is 17.9. The fraction of sp³-hybridized carbons (Fsp3) is 0.154. The molecule has 1 heterocycles. The van der Waals surface area contributed by atoms with Crippen molar-refractivity contribution in [1.29, 1.82) is 0 Å². The van der Waals surface area contributed by atoms with E-state index in [-0.39, 0.29) is 36.4 Å². The number of carbonyl (C=O) groups excluding carboxylic acids is 2. The standard InChI is InChI=1S/C26H23BrFN5O3S/c1-36-22-12-2-17(3-13-22)14-24(34)29-15-23-31-32-26(33(23)21-10-4-18(27)5-11-21)37-16-25(35)30-20-8-6-19(28)7-9-20/h2-13H,14-16H2,1H3,(H,29,34)(H,30,35). The summed E-state index contributed by atoms with van der Waals surface area (Å²) in [4.78, 5) is 25.0. The molecule has 2 amide bonds. The summed E-state index contributed by atoms with van der Waals surface area (Å²) in [5.74, 6) is 0.504. The number of methoxy groups -OCH3 is 1. The zero-order chi connectivity index (χ0) is 26.2. The molecule has 1 aromatic heterocycles. The SMILES string of the molecule is COc1ccc(CC(=O)NCc2nnc(SCC(=O)Nc3ccc(F)cc3)n2-c2ccc(Br)cc2)cc1. The number of nitrogens with one attached hydrogen (secondary N) is 2. The van der Waals surface area contributed by atoms with Crippen molar-refractivity contribution in [2.24, 2.45) is 0 Å². The van der Waals surface area contributed by atoms with Crippen molar-refractivity contribution < 1.29 is 18.7 Å². The molecule has 190 valence electrons. The monoisotopic (exact) mass is 583 g/mol. The van der Waals surface area contributed by atoms with E-state index >= 15 is 0 Å². The van der Waals surface area contributed by atoms with E-state index in [2.05, 4.69) is 36.8 Å².